The molecule has 2 fully saturated rings. The molecule has 0 radical (unpaired) electrons. The fourth-order valence-electron chi connectivity index (χ4n) is 5.34. The van der Waals surface area contributed by atoms with Crippen molar-refractivity contribution in [2.75, 3.05) is 11.9 Å². The molecular formula is C28H26N4O5. The lowest BCUT2D eigenvalue weighted by Crippen LogP contribution is -2.27. The van der Waals surface area contributed by atoms with E-state index < -0.39 is 5.97 Å². The van der Waals surface area contributed by atoms with Gasteiger partial charge in [-0.2, -0.15) is 0 Å². The third-order valence-corrected chi connectivity index (χ3v) is 7.64. The molecule has 1 aromatic heterocycles. The van der Waals surface area contributed by atoms with E-state index in [4.69, 9.17) is 20.8 Å². The molecule has 37 heavy (non-hydrogen) atoms. The van der Waals surface area contributed by atoms with Crippen LogP contribution in [-0.2, 0) is 21.4 Å². The Morgan fingerprint density at radius 2 is 2.05 bits per heavy atom. The standard InChI is InChI=1S/C28H26N4O5/c1-29-19-9-7-16(3-2-4-24(33)34)22(14-19)30-25(35)21-15-28(21)11-12-36-23-10-8-18(13-20(23)28)27-32-31-26(37-27)17-5-6-17/h7-10,13-14,17,21H,2-6,11-12,15H2,(H,30,35)(H,33,34)/t21-,28-/m0/s1. The minimum atomic E-state index is -0.856. The van der Waals surface area contributed by atoms with Crippen LogP contribution in [0.3, 0.4) is 0 Å². The van der Waals surface area contributed by atoms with Crippen LogP contribution >= 0.6 is 0 Å². The Bertz CT molecular complexity index is 1440. The van der Waals surface area contributed by atoms with Crippen molar-refractivity contribution in [3.05, 3.63) is 64.8 Å². The Morgan fingerprint density at radius 1 is 1.19 bits per heavy atom. The maximum absolute atomic E-state index is 13.5. The average molecular weight is 499 g/mol. The monoisotopic (exact) mass is 498 g/mol. The quantitative estimate of drug-likeness (QED) is 0.407. The number of ether oxygens (including phenoxy) is 1. The highest BCUT2D eigenvalue weighted by Crippen LogP contribution is 2.61. The molecule has 2 aliphatic carbocycles. The number of hydrogen-bond donors (Lipinski definition) is 2. The van der Waals surface area contributed by atoms with Gasteiger partial charge < -0.3 is 19.6 Å². The summed E-state index contributed by atoms with van der Waals surface area (Å²) in [5.41, 5.74) is 3.31. The van der Waals surface area contributed by atoms with E-state index in [2.05, 4.69) is 20.4 Å². The van der Waals surface area contributed by atoms with E-state index in [1.807, 2.05) is 18.2 Å². The van der Waals surface area contributed by atoms with Gasteiger partial charge in [-0.3, -0.25) is 9.59 Å². The van der Waals surface area contributed by atoms with E-state index in [1.54, 1.807) is 18.2 Å². The molecule has 3 aromatic rings. The van der Waals surface area contributed by atoms with Crippen LogP contribution in [0.4, 0.5) is 11.4 Å². The lowest BCUT2D eigenvalue weighted by atomic mass is 9.86. The molecule has 2 heterocycles. The molecule has 1 aliphatic heterocycles. The largest absolute Gasteiger partial charge is 0.493 e. The number of aliphatic carboxylic acids is 1. The molecule has 3 aliphatic rings. The van der Waals surface area contributed by atoms with Gasteiger partial charge in [0.25, 0.3) is 0 Å². The maximum atomic E-state index is 13.5. The van der Waals surface area contributed by atoms with E-state index in [9.17, 15) is 9.59 Å². The number of anilines is 1. The van der Waals surface area contributed by atoms with E-state index in [1.165, 1.54) is 0 Å². The number of carboxylic acids is 1. The van der Waals surface area contributed by atoms with Gasteiger partial charge in [0, 0.05) is 40.5 Å². The number of rotatable bonds is 8. The smallest absolute Gasteiger partial charge is 0.303 e. The Morgan fingerprint density at radius 3 is 2.84 bits per heavy atom. The van der Waals surface area contributed by atoms with Crippen molar-refractivity contribution in [1.82, 2.24) is 10.2 Å². The Kier molecular flexibility index (Phi) is 5.67. The Hall–Kier alpha value is -4.19. The van der Waals surface area contributed by atoms with Crippen molar-refractivity contribution in [2.24, 2.45) is 5.92 Å². The van der Waals surface area contributed by atoms with Gasteiger partial charge in [0.15, 0.2) is 5.69 Å². The predicted molar refractivity (Wildman–Crippen MR) is 134 cm³/mol. The van der Waals surface area contributed by atoms with Gasteiger partial charge in [-0.05, 0) is 68.4 Å². The number of nitrogens with one attached hydrogen (secondary N) is 1. The van der Waals surface area contributed by atoms with Crippen LogP contribution in [0.15, 0.2) is 40.8 Å². The summed E-state index contributed by atoms with van der Waals surface area (Å²) in [5, 5.41) is 20.5. The molecule has 0 unspecified atom stereocenters. The number of benzene rings is 2. The second-order valence-corrected chi connectivity index (χ2v) is 10.1. The molecule has 0 bridgehead atoms. The number of aromatic nitrogens is 2. The lowest BCUT2D eigenvalue weighted by molar-refractivity contribution is -0.137. The summed E-state index contributed by atoms with van der Waals surface area (Å²) in [5.74, 6) is 1.12. The Labute approximate surface area is 213 Å². The number of carboxylic acid groups (broad SMARTS) is 1. The Balaban J connectivity index is 1.23. The second kappa shape index (κ2) is 9.04. The minimum absolute atomic E-state index is 0.0466. The van der Waals surface area contributed by atoms with Gasteiger partial charge in [0.05, 0.1) is 13.2 Å². The van der Waals surface area contributed by atoms with Crippen molar-refractivity contribution < 1.29 is 23.8 Å². The highest BCUT2D eigenvalue weighted by Gasteiger charge is 2.61. The zero-order chi connectivity index (χ0) is 25.6. The first-order chi connectivity index (χ1) is 18.0. The van der Waals surface area contributed by atoms with Crippen LogP contribution in [0.5, 0.6) is 5.75 Å². The van der Waals surface area contributed by atoms with E-state index in [-0.39, 0.29) is 23.7 Å². The zero-order valence-electron chi connectivity index (χ0n) is 20.2. The molecule has 0 saturated heterocycles. The number of carbonyl (C=O) groups is 2. The third kappa shape index (κ3) is 4.44. The fraction of sp³-hybridized carbons (Fsp3) is 0.393. The number of hydrogen-bond acceptors (Lipinski definition) is 6. The molecule has 2 N–H and O–H groups in total. The number of carbonyl (C=O) groups excluding carboxylic acids is 1. The molecule has 2 atom stereocenters. The number of amides is 1. The van der Waals surface area contributed by atoms with Gasteiger partial charge in [-0.15, -0.1) is 10.2 Å². The normalized spacial score (nSPS) is 21.5. The van der Waals surface area contributed by atoms with E-state index >= 15 is 0 Å². The van der Waals surface area contributed by atoms with Gasteiger partial charge in [-0.25, -0.2) is 4.85 Å². The summed E-state index contributed by atoms with van der Waals surface area (Å²) < 4.78 is 11.8. The molecule has 2 saturated carbocycles. The molecule has 1 amide bonds. The summed E-state index contributed by atoms with van der Waals surface area (Å²) in [6, 6.07) is 11.0. The number of fused-ring (bicyclic) bond motifs is 2. The molecule has 9 heteroatoms. The van der Waals surface area contributed by atoms with Crippen LogP contribution in [-0.4, -0.2) is 33.8 Å². The van der Waals surface area contributed by atoms with Gasteiger partial charge in [0.1, 0.15) is 5.75 Å². The van der Waals surface area contributed by atoms with Crippen molar-refractivity contribution in [3.63, 3.8) is 0 Å². The first-order valence-corrected chi connectivity index (χ1v) is 12.6. The molecule has 6 rings (SSSR count). The van der Waals surface area contributed by atoms with Gasteiger partial charge in [-0.1, -0.05) is 12.1 Å². The number of aryl methyl sites for hydroxylation is 1. The van der Waals surface area contributed by atoms with E-state index in [0.717, 1.165) is 41.7 Å². The summed E-state index contributed by atoms with van der Waals surface area (Å²) in [6.07, 6.45) is 4.60. The highest BCUT2D eigenvalue weighted by atomic mass is 16.5. The summed E-state index contributed by atoms with van der Waals surface area (Å²) >= 11 is 0. The highest BCUT2D eigenvalue weighted by molar-refractivity contribution is 5.97. The van der Waals surface area contributed by atoms with Crippen LogP contribution in [0.25, 0.3) is 16.3 Å². The summed E-state index contributed by atoms with van der Waals surface area (Å²) in [4.78, 5) is 27.9. The van der Waals surface area contributed by atoms with Crippen molar-refractivity contribution in [3.8, 4) is 17.2 Å². The molecule has 1 spiro atoms. The second-order valence-electron chi connectivity index (χ2n) is 10.1. The van der Waals surface area contributed by atoms with Gasteiger partial charge in [0.2, 0.25) is 17.7 Å². The minimum Gasteiger partial charge on any atom is -0.493 e. The first-order valence-electron chi connectivity index (χ1n) is 12.6. The SMILES string of the molecule is [C-]#[N+]c1ccc(CCCC(=O)O)c(NC(=O)[C@@H]2C[C@]23CCOc2ccc(-c4nnc(C5CC5)o4)cc23)c1. The molecule has 9 nitrogen and oxygen atoms in total. The third-order valence-electron chi connectivity index (χ3n) is 7.64. The molecular weight excluding hydrogens is 472 g/mol. The fourth-order valence-corrected chi connectivity index (χ4v) is 5.34. The van der Waals surface area contributed by atoms with Crippen LogP contribution in [0, 0.1) is 12.5 Å². The van der Waals surface area contributed by atoms with Crippen molar-refractivity contribution in [2.45, 2.75) is 56.3 Å². The molecule has 188 valence electrons. The van der Waals surface area contributed by atoms with Crippen LogP contribution in [0.2, 0.25) is 0 Å². The van der Waals surface area contributed by atoms with Crippen LogP contribution in [0.1, 0.15) is 61.5 Å². The van der Waals surface area contributed by atoms with Gasteiger partial charge >= 0.3 is 5.97 Å². The topological polar surface area (TPSA) is 119 Å². The predicted octanol–water partition coefficient (Wildman–Crippen LogP) is 5.25. The van der Waals surface area contributed by atoms with Crippen molar-refractivity contribution >= 4 is 23.3 Å². The average Bonchev–Trinajstić information content (AvgIpc) is 3.82. The number of nitrogens with zero attached hydrogens (tertiary/aromatic N) is 3. The summed E-state index contributed by atoms with van der Waals surface area (Å²) in [6.45, 7) is 7.88. The van der Waals surface area contributed by atoms with Crippen molar-refractivity contribution in [1.29, 1.82) is 0 Å². The zero-order valence-corrected chi connectivity index (χ0v) is 20.2. The maximum Gasteiger partial charge on any atom is 0.303 e. The summed E-state index contributed by atoms with van der Waals surface area (Å²) in [7, 11) is 0. The van der Waals surface area contributed by atoms with Crippen LogP contribution < -0.4 is 10.1 Å². The van der Waals surface area contributed by atoms with E-state index in [0.29, 0.717) is 54.9 Å². The lowest BCUT2D eigenvalue weighted by Gasteiger charge is -2.27. The first kappa shape index (κ1) is 23.2. The molecule has 2 aromatic carbocycles.